The second kappa shape index (κ2) is 5.07. The van der Waals surface area contributed by atoms with Gasteiger partial charge in [0.25, 0.3) is 0 Å². The van der Waals surface area contributed by atoms with Crippen LogP contribution in [-0.2, 0) is 9.47 Å². The fraction of sp³-hybridized carbons (Fsp3) is 0.500. The van der Waals surface area contributed by atoms with Crippen LogP contribution < -0.4 is 5.32 Å². The summed E-state index contributed by atoms with van der Waals surface area (Å²) < 4.78 is 25.0. The molecule has 0 amide bonds. The Bertz CT molecular complexity index is 401. The van der Waals surface area contributed by atoms with Crippen molar-refractivity contribution in [2.24, 2.45) is 0 Å². The summed E-state index contributed by atoms with van der Waals surface area (Å²) in [6.07, 6.45) is 0. The second-order valence-corrected chi connectivity index (χ2v) is 5.54. The largest absolute Gasteiger partial charge is 0.377 e. The van der Waals surface area contributed by atoms with Crippen molar-refractivity contribution >= 4 is 28.3 Å². The Labute approximate surface area is 114 Å². The summed E-state index contributed by atoms with van der Waals surface area (Å²) in [4.78, 5) is 0. The van der Waals surface area contributed by atoms with Crippen LogP contribution in [0, 0.1) is 9.39 Å². The summed E-state index contributed by atoms with van der Waals surface area (Å²) >= 11 is 1.99. The lowest BCUT2D eigenvalue weighted by molar-refractivity contribution is -0.247. The Morgan fingerprint density at radius 1 is 1.35 bits per heavy atom. The third-order valence-corrected chi connectivity index (χ3v) is 3.67. The molecule has 17 heavy (non-hydrogen) atoms. The van der Waals surface area contributed by atoms with Gasteiger partial charge in [-0.3, -0.25) is 0 Å². The van der Waals surface area contributed by atoms with E-state index in [0.717, 1.165) is 5.69 Å². The molecule has 0 unspecified atom stereocenters. The van der Waals surface area contributed by atoms with Gasteiger partial charge in [-0.25, -0.2) is 4.39 Å². The predicted octanol–water partition coefficient (Wildman–Crippen LogP) is 2.99. The average Bonchev–Trinajstić information content (AvgIpc) is 2.27. The quantitative estimate of drug-likeness (QED) is 0.831. The standard InChI is InChI=1S/C12H15FINO2/c1-12(2)16-6-8(7-17-12)15-10-5-3-4-9(13)11(10)14/h3-5,8,15H,6-7H2,1-2H3. The number of nitrogens with one attached hydrogen (secondary N) is 1. The highest BCUT2D eigenvalue weighted by Crippen LogP contribution is 2.24. The van der Waals surface area contributed by atoms with Gasteiger partial charge < -0.3 is 14.8 Å². The lowest BCUT2D eigenvalue weighted by atomic mass is 10.2. The molecule has 1 saturated heterocycles. The van der Waals surface area contributed by atoms with Gasteiger partial charge in [-0.15, -0.1) is 0 Å². The van der Waals surface area contributed by atoms with Crippen LogP contribution in [0.25, 0.3) is 0 Å². The Balaban J connectivity index is 2.00. The van der Waals surface area contributed by atoms with Gasteiger partial charge in [0, 0.05) is 0 Å². The minimum Gasteiger partial charge on any atom is -0.377 e. The molecule has 0 spiro atoms. The smallest absolute Gasteiger partial charge is 0.162 e. The number of ether oxygens (including phenoxy) is 2. The molecule has 1 heterocycles. The minimum absolute atomic E-state index is 0.0540. The number of hydrogen-bond acceptors (Lipinski definition) is 3. The van der Waals surface area contributed by atoms with Gasteiger partial charge in [-0.05, 0) is 48.6 Å². The fourth-order valence-electron chi connectivity index (χ4n) is 1.61. The molecule has 0 saturated carbocycles. The summed E-state index contributed by atoms with van der Waals surface area (Å²) in [7, 11) is 0. The zero-order valence-corrected chi connectivity index (χ0v) is 12.0. The molecular weight excluding hydrogens is 336 g/mol. The van der Waals surface area contributed by atoms with E-state index in [1.807, 2.05) is 42.5 Å². The van der Waals surface area contributed by atoms with Crippen LogP contribution in [-0.4, -0.2) is 25.0 Å². The monoisotopic (exact) mass is 351 g/mol. The highest BCUT2D eigenvalue weighted by atomic mass is 127. The van der Waals surface area contributed by atoms with Crippen molar-refractivity contribution in [3.05, 3.63) is 27.6 Å². The van der Waals surface area contributed by atoms with E-state index < -0.39 is 5.79 Å². The van der Waals surface area contributed by atoms with E-state index in [-0.39, 0.29) is 11.9 Å². The van der Waals surface area contributed by atoms with Crippen molar-refractivity contribution in [2.75, 3.05) is 18.5 Å². The van der Waals surface area contributed by atoms with Crippen molar-refractivity contribution in [2.45, 2.75) is 25.7 Å². The van der Waals surface area contributed by atoms with Crippen LogP contribution >= 0.6 is 22.6 Å². The molecule has 1 N–H and O–H groups in total. The summed E-state index contributed by atoms with van der Waals surface area (Å²) in [6, 6.07) is 5.04. The number of hydrogen-bond donors (Lipinski definition) is 1. The molecule has 0 aromatic heterocycles. The molecule has 0 bridgehead atoms. The Morgan fingerprint density at radius 3 is 2.65 bits per heavy atom. The molecule has 1 aromatic rings. The topological polar surface area (TPSA) is 30.5 Å². The first-order valence-electron chi connectivity index (χ1n) is 5.46. The van der Waals surface area contributed by atoms with Crippen LogP contribution in [0.1, 0.15) is 13.8 Å². The molecule has 3 nitrogen and oxygen atoms in total. The maximum Gasteiger partial charge on any atom is 0.162 e. The molecule has 1 aliphatic rings. The van der Waals surface area contributed by atoms with E-state index in [9.17, 15) is 4.39 Å². The van der Waals surface area contributed by atoms with E-state index in [4.69, 9.17) is 9.47 Å². The summed E-state index contributed by atoms with van der Waals surface area (Å²) in [5.41, 5.74) is 0.780. The summed E-state index contributed by atoms with van der Waals surface area (Å²) in [5.74, 6) is -0.735. The van der Waals surface area contributed by atoms with E-state index in [2.05, 4.69) is 5.32 Å². The molecule has 1 aromatic carbocycles. The van der Waals surface area contributed by atoms with Crippen molar-refractivity contribution < 1.29 is 13.9 Å². The lowest BCUT2D eigenvalue weighted by Gasteiger charge is -2.35. The average molecular weight is 351 g/mol. The van der Waals surface area contributed by atoms with Crippen LogP contribution in [0.4, 0.5) is 10.1 Å². The minimum atomic E-state index is -0.521. The second-order valence-electron chi connectivity index (χ2n) is 4.46. The normalized spacial score (nSPS) is 20.2. The third-order valence-electron chi connectivity index (χ3n) is 2.58. The predicted molar refractivity (Wildman–Crippen MR) is 72.5 cm³/mol. The van der Waals surface area contributed by atoms with Crippen LogP contribution in [0.15, 0.2) is 18.2 Å². The number of benzene rings is 1. The first kappa shape index (κ1) is 13.0. The van der Waals surface area contributed by atoms with Crippen LogP contribution in [0.5, 0.6) is 0 Å². The molecule has 1 fully saturated rings. The Hall–Kier alpha value is -0.400. The third kappa shape index (κ3) is 3.29. The highest BCUT2D eigenvalue weighted by molar-refractivity contribution is 14.1. The molecule has 94 valence electrons. The lowest BCUT2D eigenvalue weighted by Crippen LogP contribution is -2.45. The maximum atomic E-state index is 13.3. The van der Waals surface area contributed by atoms with Crippen molar-refractivity contribution in [3.8, 4) is 0 Å². The van der Waals surface area contributed by atoms with E-state index in [0.29, 0.717) is 16.8 Å². The van der Waals surface area contributed by atoms with Gasteiger partial charge in [0.05, 0.1) is 28.5 Å². The fourth-order valence-corrected chi connectivity index (χ4v) is 2.13. The highest BCUT2D eigenvalue weighted by Gasteiger charge is 2.28. The van der Waals surface area contributed by atoms with E-state index in [1.165, 1.54) is 6.07 Å². The van der Waals surface area contributed by atoms with Gasteiger partial charge in [0.2, 0.25) is 0 Å². The first-order valence-corrected chi connectivity index (χ1v) is 6.54. The molecule has 0 atom stereocenters. The molecule has 2 rings (SSSR count). The van der Waals surface area contributed by atoms with Crippen LogP contribution in [0.3, 0.4) is 0 Å². The molecule has 5 heteroatoms. The first-order chi connectivity index (χ1) is 7.98. The Morgan fingerprint density at radius 2 is 2.00 bits per heavy atom. The zero-order chi connectivity index (χ0) is 12.5. The molecule has 0 aliphatic carbocycles. The SMILES string of the molecule is CC1(C)OCC(Nc2cccc(F)c2I)CO1. The number of anilines is 1. The van der Waals surface area contributed by atoms with E-state index in [1.54, 1.807) is 6.07 Å². The summed E-state index contributed by atoms with van der Waals surface area (Å²) in [6.45, 7) is 4.88. The van der Waals surface area contributed by atoms with E-state index >= 15 is 0 Å². The maximum absolute atomic E-state index is 13.3. The summed E-state index contributed by atoms with van der Waals surface area (Å²) in [5, 5.41) is 3.23. The van der Waals surface area contributed by atoms with Crippen molar-refractivity contribution in [1.82, 2.24) is 0 Å². The van der Waals surface area contributed by atoms with Crippen molar-refractivity contribution in [1.29, 1.82) is 0 Å². The van der Waals surface area contributed by atoms with Gasteiger partial charge in [0.1, 0.15) is 5.82 Å². The number of rotatable bonds is 2. The van der Waals surface area contributed by atoms with Crippen molar-refractivity contribution in [3.63, 3.8) is 0 Å². The van der Waals surface area contributed by atoms with Gasteiger partial charge >= 0.3 is 0 Å². The molecular formula is C12H15FINO2. The number of halogens is 2. The van der Waals surface area contributed by atoms with Gasteiger partial charge in [0.15, 0.2) is 5.79 Å². The van der Waals surface area contributed by atoms with Crippen LogP contribution in [0.2, 0.25) is 0 Å². The zero-order valence-electron chi connectivity index (χ0n) is 9.80. The Kier molecular flexibility index (Phi) is 3.89. The molecule has 1 aliphatic heterocycles. The molecule has 0 radical (unpaired) electrons. The van der Waals surface area contributed by atoms with Gasteiger partial charge in [-0.1, -0.05) is 6.07 Å². The van der Waals surface area contributed by atoms with Gasteiger partial charge in [-0.2, -0.15) is 0 Å².